The van der Waals surface area contributed by atoms with Gasteiger partial charge in [-0.15, -0.1) is 0 Å². The molecule has 2 heterocycles. The van der Waals surface area contributed by atoms with E-state index in [0.29, 0.717) is 30.1 Å². The lowest BCUT2D eigenvalue weighted by atomic mass is 10.1. The van der Waals surface area contributed by atoms with Gasteiger partial charge in [0.1, 0.15) is 11.8 Å². The van der Waals surface area contributed by atoms with E-state index in [1.54, 1.807) is 36.1 Å². The Labute approximate surface area is 142 Å². The smallest absolute Gasteiger partial charge is 0.254 e. The number of aromatic nitrogens is 1. The van der Waals surface area contributed by atoms with Gasteiger partial charge >= 0.3 is 0 Å². The van der Waals surface area contributed by atoms with Crippen molar-refractivity contribution >= 4 is 33.6 Å². The van der Waals surface area contributed by atoms with E-state index in [2.05, 4.69) is 26.4 Å². The second kappa shape index (κ2) is 6.54. The number of carbonyl (C=O) groups excluding carboxylic acids is 2. The quantitative estimate of drug-likeness (QED) is 0.891. The number of amides is 2. The number of hydrogen-bond donors (Lipinski definition) is 1. The minimum Gasteiger partial charge on any atom is -0.360 e. The molecule has 0 radical (unpaired) electrons. The summed E-state index contributed by atoms with van der Waals surface area (Å²) in [6.45, 7) is 2.32. The van der Waals surface area contributed by atoms with E-state index < -0.39 is 6.04 Å². The lowest BCUT2D eigenvalue weighted by molar-refractivity contribution is -0.119. The van der Waals surface area contributed by atoms with Gasteiger partial charge in [-0.1, -0.05) is 27.2 Å². The minimum atomic E-state index is -0.488. The van der Waals surface area contributed by atoms with Gasteiger partial charge in [-0.3, -0.25) is 9.59 Å². The van der Waals surface area contributed by atoms with E-state index in [9.17, 15) is 9.59 Å². The van der Waals surface area contributed by atoms with E-state index in [1.165, 1.54) is 0 Å². The Morgan fingerprint density at radius 1 is 1.39 bits per heavy atom. The van der Waals surface area contributed by atoms with Gasteiger partial charge in [0.05, 0.1) is 0 Å². The van der Waals surface area contributed by atoms with Crippen LogP contribution in [0.2, 0.25) is 0 Å². The van der Waals surface area contributed by atoms with Gasteiger partial charge < -0.3 is 14.7 Å². The summed E-state index contributed by atoms with van der Waals surface area (Å²) < 4.78 is 5.77. The van der Waals surface area contributed by atoms with E-state index in [1.807, 2.05) is 6.07 Å². The van der Waals surface area contributed by atoms with Crippen LogP contribution >= 0.6 is 15.9 Å². The van der Waals surface area contributed by atoms with Gasteiger partial charge in [0.2, 0.25) is 5.91 Å². The van der Waals surface area contributed by atoms with Crippen molar-refractivity contribution in [3.8, 4) is 0 Å². The first-order valence-corrected chi connectivity index (χ1v) is 8.14. The maximum atomic E-state index is 12.7. The van der Waals surface area contributed by atoms with Crippen molar-refractivity contribution in [3.63, 3.8) is 0 Å². The summed E-state index contributed by atoms with van der Waals surface area (Å²) >= 11 is 3.36. The molecule has 7 heteroatoms. The molecule has 0 aliphatic carbocycles. The molecule has 1 atom stereocenters. The van der Waals surface area contributed by atoms with Gasteiger partial charge in [0, 0.05) is 22.6 Å². The standard InChI is InChI=1S/C16H16BrN3O3/c1-10-8-14(19-23-10)18-15(21)13-6-3-7-20(13)16(22)11-4-2-5-12(17)9-11/h2,4-5,8-9,13H,3,6-7H2,1H3,(H,18,19,21)/t13-/m0/s1. The van der Waals surface area contributed by atoms with Crippen LogP contribution in [-0.2, 0) is 4.79 Å². The predicted molar refractivity (Wildman–Crippen MR) is 88.1 cm³/mol. The molecule has 1 aromatic heterocycles. The van der Waals surface area contributed by atoms with Crippen LogP contribution in [0.3, 0.4) is 0 Å². The number of nitrogens with zero attached hydrogens (tertiary/aromatic N) is 2. The van der Waals surface area contributed by atoms with Gasteiger partial charge in [-0.05, 0) is 38.0 Å². The van der Waals surface area contributed by atoms with E-state index >= 15 is 0 Å². The maximum Gasteiger partial charge on any atom is 0.254 e. The molecule has 1 aromatic carbocycles. The Hall–Kier alpha value is -2.15. The molecule has 1 aliphatic heterocycles. The highest BCUT2D eigenvalue weighted by Gasteiger charge is 2.34. The molecule has 0 saturated carbocycles. The fourth-order valence-electron chi connectivity index (χ4n) is 2.70. The SMILES string of the molecule is Cc1cc(NC(=O)[C@@H]2CCCN2C(=O)c2cccc(Br)c2)no1. The fourth-order valence-corrected chi connectivity index (χ4v) is 3.10. The molecular weight excluding hydrogens is 362 g/mol. The van der Waals surface area contributed by atoms with Crippen LogP contribution in [0.4, 0.5) is 5.82 Å². The molecule has 1 saturated heterocycles. The van der Waals surface area contributed by atoms with Gasteiger partial charge in [-0.2, -0.15) is 0 Å². The van der Waals surface area contributed by atoms with Gasteiger partial charge in [0.25, 0.3) is 5.91 Å². The number of rotatable bonds is 3. The van der Waals surface area contributed by atoms with Crippen molar-refractivity contribution in [1.82, 2.24) is 10.1 Å². The second-order valence-corrected chi connectivity index (χ2v) is 6.39. The molecule has 1 aliphatic rings. The number of hydrogen-bond acceptors (Lipinski definition) is 4. The number of nitrogens with one attached hydrogen (secondary N) is 1. The molecular formula is C16H16BrN3O3. The average molecular weight is 378 g/mol. The zero-order chi connectivity index (χ0) is 16.4. The van der Waals surface area contributed by atoms with Crippen LogP contribution in [0.15, 0.2) is 39.3 Å². The molecule has 1 fully saturated rings. The average Bonchev–Trinajstić information content (AvgIpc) is 3.15. The highest BCUT2D eigenvalue weighted by Crippen LogP contribution is 2.23. The summed E-state index contributed by atoms with van der Waals surface area (Å²) in [5, 5.41) is 6.46. The van der Waals surface area contributed by atoms with Crippen LogP contribution in [0.1, 0.15) is 29.0 Å². The third kappa shape index (κ3) is 3.44. The molecule has 3 rings (SSSR count). The van der Waals surface area contributed by atoms with Crippen molar-refractivity contribution in [3.05, 3.63) is 46.1 Å². The minimum absolute atomic E-state index is 0.139. The van der Waals surface area contributed by atoms with E-state index in [4.69, 9.17) is 4.52 Å². The monoisotopic (exact) mass is 377 g/mol. The normalized spacial score (nSPS) is 17.3. The van der Waals surface area contributed by atoms with E-state index in [0.717, 1.165) is 10.9 Å². The van der Waals surface area contributed by atoms with Gasteiger partial charge in [-0.25, -0.2) is 0 Å². The van der Waals surface area contributed by atoms with Crippen LogP contribution in [-0.4, -0.2) is 34.5 Å². The Bertz CT molecular complexity index is 744. The number of anilines is 1. The number of carbonyl (C=O) groups is 2. The van der Waals surface area contributed by atoms with Crippen molar-refractivity contribution in [2.45, 2.75) is 25.8 Å². The Morgan fingerprint density at radius 2 is 2.22 bits per heavy atom. The lowest BCUT2D eigenvalue weighted by Crippen LogP contribution is -2.43. The molecule has 23 heavy (non-hydrogen) atoms. The Balaban J connectivity index is 1.74. The largest absolute Gasteiger partial charge is 0.360 e. The summed E-state index contributed by atoms with van der Waals surface area (Å²) in [5.74, 6) is 0.613. The molecule has 0 unspecified atom stereocenters. The first-order chi connectivity index (χ1) is 11.0. The summed E-state index contributed by atoms with van der Waals surface area (Å²) in [7, 11) is 0. The van der Waals surface area contributed by atoms with Crippen molar-refractivity contribution in [2.24, 2.45) is 0 Å². The number of likely N-dealkylation sites (tertiary alicyclic amines) is 1. The Morgan fingerprint density at radius 3 is 2.91 bits per heavy atom. The van der Waals surface area contributed by atoms with Crippen molar-refractivity contribution in [2.75, 3.05) is 11.9 Å². The molecule has 0 spiro atoms. The number of halogens is 1. The van der Waals surface area contributed by atoms with Crippen LogP contribution in [0, 0.1) is 6.92 Å². The first-order valence-electron chi connectivity index (χ1n) is 7.35. The van der Waals surface area contributed by atoms with Gasteiger partial charge in [0.15, 0.2) is 5.82 Å². The van der Waals surface area contributed by atoms with Crippen LogP contribution < -0.4 is 5.32 Å². The van der Waals surface area contributed by atoms with Crippen molar-refractivity contribution in [1.29, 1.82) is 0 Å². The third-order valence-corrected chi connectivity index (χ3v) is 4.26. The van der Waals surface area contributed by atoms with Crippen molar-refractivity contribution < 1.29 is 14.1 Å². The summed E-state index contributed by atoms with van der Waals surface area (Å²) in [4.78, 5) is 26.7. The molecule has 6 nitrogen and oxygen atoms in total. The number of aryl methyl sites for hydroxylation is 1. The second-order valence-electron chi connectivity index (χ2n) is 5.48. The molecule has 2 aromatic rings. The molecule has 1 N–H and O–H groups in total. The highest BCUT2D eigenvalue weighted by molar-refractivity contribution is 9.10. The third-order valence-electron chi connectivity index (χ3n) is 3.77. The maximum absolute atomic E-state index is 12.7. The van der Waals surface area contributed by atoms with Crippen LogP contribution in [0.5, 0.6) is 0 Å². The topological polar surface area (TPSA) is 75.4 Å². The zero-order valence-corrected chi connectivity index (χ0v) is 14.2. The molecule has 0 bridgehead atoms. The van der Waals surface area contributed by atoms with E-state index in [-0.39, 0.29) is 11.8 Å². The molecule has 2 amide bonds. The Kier molecular flexibility index (Phi) is 4.47. The van der Waals surface area contributed by atoms with Crippen LogP contribution in [0.25, 0.3) is 0 Å². The fraction of sp³-hybridized carbons (Fsp3) is 0.312. The lowest BCUT2D eigenvalue weighted by Gasteiger charge is -2.23. The summed E-state index contributed by atoms with van der Waals surface area (Å²) in [5.41, 5.74) is 0.566. The number of benzene rings is 1. The summed E-state index contributed by atoms with van der Waals surface area (Å²) in [6.07, 6.45) is 1.44. The zero-order valence-electron chi connectivity index (χ0n) is 12.6. The highest BCUT2D eigenvalue weighted by atomic mass is 79.9. The predicted octanol–water partition coefficient (Wildman–Crippen LogP) is 2.99. The summed E-state index contributed by atoms with van der Waals surface area (Å²) in [6, 6.07) is 8.34. The molecule has 120 valence electrons. The first kappa shape index (κ1) is 15.7.